The molecule has 4 aliphatic rings. The topological polar surface area (TPSA) is 62.8 Å². The number of ether oxygens (including phenoxy) is 1. The summed E-state index contributed by atoms with van der Waals surface area (Å²) < 4.78 is 11.3. The summed E-state index contributed by atoms with van der Waals surface area (Å²) in [6, 6.07) is 1.87. The molecular formula is C26H36O4. The molecule has 3 fully saturated rings. The molecule has 0 radical (unpaired) electrons. The van der Waals surface area contributed by atoms with Crippen molar-refractivity contribution in [2.24, 2.45) is 22.7 Å². The van der Waals surface area contributed by atoms with Crippen molar-refractivity contribution < 1.29 is 19.4 Å². The maximum Gasteiger partial charge on any atom is 0.101 e. The van der Waals surface area contributed by atoms with Gasteiger partial charge in [0.25, 0.3) is 0 Å². The van der Waals surface area contributed by atoms with E-state index in [0.717, 1.165) is 44.1 Å². The minimum Gasteiger partial charge on any atom is -0.472 e. The van der Waals surface area contributed by atoms with Crippen LogP contribution in [0.2, 0.25) is 0 Å². The number of hydrogen-bond donors (Lipinski definition) is 2. The highest BCUT2D eigenvalue weighted by Gasteiger charge is 2.71. The Morgan fingerprint density at radius 2 is 1.97 bits per heavy atom. The molecule has 1 aromatic rings. The van der Waals surface area contributed by atoms with Gasteiger partial charge in [0.15, 0.2) is 0 Å². The molecule has 4 aliphatic carbocycles. The summed E-state index contributed by atoms with van der Waals surface area (Å²) in [6.45, 7) is 8.91. The van der Waals surface area contributed by atoms with Crippen molar-refractivity contribution in [3.63, 3.8) is 0 Å². The van der Waals surface area contributed by atoms with E-state index in [1.165, 1.54) is 5.57 Å². The molecule has 0 amide bonds. The van der Waals surface area contributed by atoms with Crippen LogP contribution in [0.4, 0.5) is 0 Å². The zero-order valence-electron chi connectivity index (χ0n) is 18.4. The first kappa shape index (κ1) is 20.5. The molecule has 5 rings (SSSR count). The minimum absolute atomic E-state index is 0.129. The third kappa shape index (κ3) is 2.50. The van der Waals surface area contributed by atoms with Crippen LogP contribution in [-0.2, 0) is 10.3 Å². The third-order valence-electron chi connectivity index (χ3n) is 9.83. The predicted molar refractivity (Wildman–Crippen MR) is 116 cm³/mol. The van der Waals surface area contributed by atoms with Crippen LogP contribution in [0.15, 0.2) is 47.3 Å². The molecule has 0 aliphatic heterocycles. The highest BCUT2D eigenvalue weighted by molar-refractivity contribution is 5.33. The molecule has 7 atom stereocenters. The van der Waals surface area contributed by atoms with E-state index in [1.807, 2.05) is 12.1 Å². The summed E-state index contributed by atoms with van der Waals surface area (Å²) in [5.74, 6) is 0.688. The Morgan fingerprint density at radius 3 is 2.70 bits per heavy atom. The van der Waals surface area contributed by atoms with Crippen molar-refractivity contribution in [2.75, 3.05) is 6.61 Å². The van der Waals surface area contributed by atoms with Gasteiger partial charge in [-0.15, -0.1) is 6.58 Å². The van der Waals surface area contributed by atoms with Crippen LogP contribution in [0.25, 0.3) is 0 Å². The molecule has 164 valence electrons. The van der Waals surface area contributed by atoms with Gasteiger partial charge in [-0.05, 0) is 74.7 Å². The molecule has 1 aromatic heterocycles. The predicted octanol–water partition coefficient (Wildman–Crippen LogP) is 5.12. The molecule has 3 saturated carbocycles. The maximum absolute atomic E-state index is 12.2. The lowest BCUT2D eigenvalue weighted by molar-refractivity contribution is -0.222. The van der Waals surface area contributed by atoms with Crippen LogP contribution >= 0.6 is 0 Å². The number of hydrogen-bond acceptors (Lipinski definition) is 4. The summed E-state index contributed by atoms with van der Waals surface area (Å²) in [7, 11) is 0. The van der Waals surface area contributed by atoms with Crippen molar-refractivity contribution in [3.8, 4) is 0 Å². The van der Waals surface area contributed by atoms with Gasteiger partial charge in [-0.2, -0.15) is 0 Å². The number of aliphatic hydroxyl groups is 2. The molecule has 2 N–H and O–H groups in total. The fourth-order valence-electron chi connectivity index (χ4n) is 7.97. The van der Waals surface area contributed by atoms with E-state index < -0.39 is 16.6 Å². The number of furan rings is 1. The molecule has 0 spiro atoms. The Bertz CT molecular complexity index is 843. The summed E-state index contributed by atoms with van der Waals surface area (Å²) in [5, 5.41) is 24.0. The van der Waals surface area contributed by atoms with Crippen molar-refractivity contribution in [1.29, 1.82) is 0 Å². The average molecular weight is 413 g/mol. The molecule has 2 unspecified atom stereocenters. The van der Waals surface area contributed by atoms with E-state index in [2.05, 4.69) is 26.5 Å². The molecule has 0 saturated heterocycles. The standard InChI is InChI=1S/C26H36O4/c1-4-14-30-20-7-10-23(2)18(16-20)5-6-22-21(23)8-11-24(3)25(27,12-13-26(22,24)28)19-9-15-29-17-19/h4,9,15-17,20-22,27-28H,1,5-8,10-14H2,2-3H3/t20?,21-,22-,23+,24-,25?,26-/m1/s1. The second kappa shape index (κ2) is 6.82. The smallest absolute Gasteiger partial charge is 0.101 e. The van der Waals surface area contributed by atoms with Crippen LogP contribution in [0.5, 0.6) is 0 Å². The molecule has 0 aromatic carbocycles. The molecule has 30 heavy (non-hydrogen) atoms. The maximum atomic E-state index is 12.2. The Hall–Kier alpha value is -1.36. The van der Waals surface area contributed by atoms with Crippen LogP contribution in [0.1, 0.15) is 70.8 Å². The Labute approximate surface area is 180 Å². The van der Waals surface area contributed by atoms with Gasteiger partial charge in [0, 0.05) is 11.0 Å². The summed E-state index contributed by atoms with van der Waals surface area (Å²) in [6.07, 6.45) is 15.0. The molecule has 0 bridgehead atoms. The third-order valence-corrected chi connectivity index (χ3v) is 9.83. The van der Waals surface area contributed by atoms with E-state index in [0.29, 0.717) is 25.4 Å². The zero-order chi connectivity index (χ0) is 21.2. The fraction of sp³-hybridized carbons (Fsp3) is 0.692. The van der Waals surface area contributed by atoms with E-state index >= 15 is 0 Å². The summed E-state index contributed by atoms with van der Waals surface area (Å²) in [4.78, 5) is 0. The normalized spacial score (nSPS) is 47.7. The SMILES string of the molecule is C=CCOC1C=C2CC[C@@H]3[C@@H](CC[C@]4(C)C(O)(c5ccoc5)CC[C@@]34O)[C@@]2(C)CC1. The molecule has 4 nitrogen and oxygen atoms in total. The summed E-state index contributed by atoms with van der Waals surface area (Å²) in [5.41, 5.74) is 0.0674. The average Bonchev–Trinajstić information content (AvgIpc) is 3.34. The lowest BCUT2D eigenvalue weighted by Gasteiger charge is -2.62. The van der Waals surface area contributed by atoms with Crippen molar-refractivity contribution in [3.05, 3.63) is 48.5 Å². The van der Waals surface area contributed by atoms with Gasteiger partial charge in [0.05, 0.1) is 30.8 Å². The van der Waals surface area contributed by atoms with Crippen LogP contribution in [0, 0.1) is 22.7 Å². The van der Waals surface area contributed by atoms with E-state index in [9.17, 15) is 10.2 Å². The number of rotatable bonds is 4. The zero-order valence-corrected chi connectivity index (χ0v) is 18.4. The van der Waals surface area contributed by atoms with Gasteiger partial charge in [0.1, 0.15) is 5.60 Å². The number of allylic oxidation sites excluding steroid dienone is 1. The minimum atomic E-state index is -1.02. The lowest BCUT2D eigenvalue weighted by atomic mass is 9.44. The first-order valence-corrected chi connectivity index (χ1v) is 11.7. The molecular weight excluding hydrogens is 376 g/mol. The first-order valence-electron chi connectivity index (χ1n) is 11.7. The second-order valence-corrected chi connectivity index (χ2v) is 10.7. The van der Waals surface area contributed by atoms with Crippen molar-refractivity contribution in [1.82, 2.24) is 0 Å². The van der Waals surface area contributed by atoms with Crippen molar-refractivity contribution >= 4 is 0 Å². The highest BCUT2D eigenvalue weighted by Crippen LogP contribution is 2.71. The van der Waals surface area contributed by atoms with E-state index in [-0.39, 0.29) is 17.4 Å². The number of fused-ring (bicyclic) bond motifs is 5. The first-order chi connectivity index (χ1) is 14.3. The monoisotopic (exact) mass is 412 g/mol. The van der Waals surface area contributed by atoms with Gasteiger partial charge < -0.3 is 19.4 Å². The Balaban J connectivity index is 1.47. The van der Waals surface area contributed by atoms with E-state index in [1.54, 1.807) is 12.5 Å². The van der Waals surface area contributed by atoms with E-state index in [4.69, 9.17) is 9.15 Å². The van der Waals surface area contributed by atoms with Gasteiger partial charge >= 0.3 is 0 Å². The Morgan fingerprint density at radius 1 is 1.13 bits per heavy atom. The fourth-order valence-corrected chi connectivity index (χ4v) is 7.97. The van der Waals surface area contributed by atoms with Gasteiger partial charge in [-0.25, -0.2) is 0 Å². The quantitative estimate of drug-likeness (QED) is 0.674. The van der Waals surface area contributed by atoms with Crippen molar-refractivity contribution in [2.45, 2.75) is 82.5 Å². The molecule has 1 heterocycles. The van der Waals surface area contributed by atoms with Gasteiger partial charge in [0.2, 0.25) is 0 Å². The van der Waals surface area contributed by atoms with Crippen LogP contribution in [0.3, 0.4) is 0 Å². The summed E-state index contributed by atoms with van der Waals surface area (Å²) >= 11 is 0. The van der Waals surface area contributed by atoms with Gasteiger partial charge in [-0.1, -0.05) is 31.6 Å². The van der Waals surface area contributed by atoms with Crippen LogP contribution < -0.4 is 0 Å². The van der Waals surface area contributed by atoms with Gasteiger partial charge in [-0.3, -0.25) is 0 Å². The second-order valence-electron chi connectivity index (χ2n) is 10.7. The highest BCUT2D eigenvalue weighted by atomic mass is 16.5. The van der Waals surface area contributed by atoms with Crippen LogP contribution in [-0.4, -0.2) is 28.5 Å². The Kier molecular flexibility index (Phi) is 4.67. The molecule has 4 heteroatoms. The lowest BCUT2D eigenvalue weighted by Crippen LogP contribution is -2.63. The largest absolute Gasteiger partial charge is 0.472 e.